The Morgan fingerprint density at radius 2 is 2.31 bits per heavy atom. The zero-order valence-corrected chi connectivity index (χ0v) is 10.4. The maximum atomic E-state index is 5.89. The molecule has 0 fully saturated rings. The summed E-state index contributed by atoms with van der Waals surface area (Å²) in [4.78, 5) is 0. The van der Waals surface area contributed by atoms with Gasteiger partial charge in [0.2, 0.25) is 0 Å². The van der Waals surface area contributed by atoms with E-state index in [0.717, 1.165) is 14.8 Å². The summed E-state index contributed by atoms with van der Waals surface area (Å²) in [5.74, 6) is 0.528. The maximum absolute atomic E-state index is 5.89. The van der Waals surface area contributed by atoms with Crippen molar-refractivity contribution in [2.24, 2.45) is 0 Å². The van der Waals surface area contributed by atoms with Crippen LogP contribution < -0.4 is 5.73 Å². The molecule has 2 aromatic rings. The predicted octanol–water partition coefficient (Wildman–Crippen LogP) is 3.83. The van der Waals surface area contributed by atoms with Gasteiger partial charge in [0, 0.05) is 25.4 Å². The number of hydrogen-bond acceptors (Lipinski definition) is 2. The highest BCUT2D eigenvalue weighted by atomic mass is 127. The number of thiophene rings is 1. The quantitative estimate of drug-likeness (QED) is 0.482. The highest BCUT2D eigenvalue weighted by Crippen LogP contribution is 2.33. The van der Waals surface area contributed by atoms with Crippen molar-refractivity contribution in [2.75, 3.05) is 5.73 Å². The molecule has 2 N–H and O–H groups in total. The molecule has 1 heterocycles. The standard InChI is InChI=1S/C9H7ClINS/c10-4-6-8(11)7(12)3-5-1-2-13-9(5)6/h1-3H,4,12H2. The SMILES string of the molecule is Nc1cc2ccsc2c(CCl)c1I. The third kappa shape index (κ3) is 1.53. The lowest BCUT2D eigenvalue weighted by atomic mass is 10.1. The molecule has 1 aromatic heterocycles. The molecule has 0 amide bonds. The van der Waals surface area contributed by atoms with Gasteiger partial charge in [-0.15, -0.1) is 22.9 Å². The Hall–Kier alpha value is -0.000000000000000111. The topological polar surface area (TPSA) is 26.0 Å². The van der Waals surface area contributed by atoms with E-state index in [9.17, 15) is 0 Å². The van der Waals surface area contributed by atoms with Gasteiger partial charge in [0.05, 0.1) is 0 Å². The number of nitrogens with two attached hydrogens (primary N) is 1. The second kappa shape index (κ2) is 3.63. The van der Waals surface area contributed by atoms with Gasteiger partial charge in [0.25, 0.3) is 0 Å². The normalized spacial score (nSPS) is 10.9. The fraction of sp³-hybridized carbons (Fsp3) is 0.111. The number of rotatable bonds is 1. The van der Waals surface area contributed by atoms with Gasteiger partial charge in [-0.1, -0.05) is 0 Å². The molecule has 0 radical (unpaired) electrons. The van der Waals surface area contributed by atoms with E-state index < -0.39 is 0 Å². The minimum absolute atomic E-state index is 0.528. The van der Waals surface area contributed by atoms with Gasteiger partial charge in [-0.25, -0.2) is 0 Å². The third-order valence-corrected chi connectivity index (χ3v) is 4.46. The first kappa shape index (κ1) is 9.55. The summed E-state index contributed by atoms with van der Waals surface area (Å²) in [5, 5.41) is 3.26. The van der Waals surface area contributed by atoms with Crippen LogP contribution in [0.4, 0.5) is 5.69 Å². The van der Waals surface area contributed by atoms with Crippen LogP contribution in [0, 0.1) is 3.57 Å². The minimum atomic E-state index is 0.528. The van der Waals surface area contributed by atoms with E-state index in [4.69, 9.17) is 17.3 Å². The molecule has 0 unspecified atom stereocenters. The molecule has 2 rings (SSSR count). The first-order chi connectivity index (χ1) is 6.24. The molecule has 1 aromatic carbocycles. The molecule has 0 aliphatic heterocycles. The van der Waals surface area contributed by atoms with Crippen LogP contribution in [0.25, 0.3) is 10.1 Å². The van der Waals surface area contributed by atoms with Gasteiger partial charge in [-0.05, 0) is 45.5 Å². The van der Waals surface area contributed by atoms with Gasteiger partial charge in [-0.2, -0.15) is 0 Å². The number of alkyl halides is 1. The summed E-state index contributed by atoms with van der Waals surface area (Å²) in [7, 11) is 0. The highest BCUT2D eigenvalue weighted by Gasteiger charge is 2.09. The van der Waals surface area contributed by atoms with Gasteiger partial charge in [-0.3, -0.25) is 0 Å². The fourth-order valence-corrected chi connectivity index (χ4v) is 3.60. The molecule has 0 aliphatic carbocycles. The van der Waals surface area contributed by atoms with Crippen LogP contribution >= 0.6 is 45.5 Å². The molecule has 0 aliphatic rings. The van der Waals surface area contributed by atoms with Crippen molar-refractivity contribution in [3.05, 3.63) is 26.6 Å². The van der Waals surface area contributed by atoms with Gasteiger partial charge >= 0.3 is 0 Å². The monoisotopic (exact) mass is 323 g/mol. The van der Waals surface area contributed by atoms with Crippen LogP contribution in [-0.2, 0) is 5.88 Å². The summed E-state index contributed by atoms with van der Waals surface area (Å²) in [6, 6.07) is 4.08. The van der Waals surface area contributed by atoms with E-state index in [-0.39, 0.29) is 0 Å². The largest absolute Gasteiger partial charge is 0.398 e. The fourth-order valence-electron chi connectivity index (χ4n) is 1.30. The molecule has 0 spiro atoms. The van der Waals surface area contributed by atoms with Crippen LogP contribution in [0.2, 0.25) is 0 Å². The van der Waals surface area contributed by atoms with Crippen LogP contribution in [0.5, 0.6) is 0 Å². The lowest BCUT2D eigenvalue weighted by Gasteiger charge is -2.05. The van der Waals surface area contributed by atoms with E-state index in [1.54, 1.807) is 11.3 Å². The summed E-state index contributed by atoms with van der Waals surface area (Å²) < 4.78 is 2.34. The predicted molar refractivity (Wildman–Crippen MR) is 68.5 cm³/mol. The molecule has 1 nitrogen and oxygen atoms in total. The van der Waals surface area contributed by atoms with Crippen molar-refractivity contribution >= 4 is 61.3 Å². The van der Waals surface area contributed by atoms with E-state index in [2.05, 4.69) is 34.0 Å². The van der Waals surface area contributed by atoms with E-state index >= 15 is 0 Å². The second-order valence-electron chi connectivity index (χ2n) is 2.73. The van der Waals surface area contributed by atoms with Crippen LogP contribution in [0.15, 0.2) is 17.5 Å². The Morgan fingerprint density at radius 3 is 3.00 bits per heavy atom. The molecule has 0 bridgehead atoms. The number of hydrogen-bond donors (Lipinski definition) is 1. The lowest BCUT2D eigenvalue weighted by Crippen LogP contribution is -1.93. The van der Waals surface area contributed by atoms with E-state index in [1.807, 2.05) is 6.07 Å². The van der Waals surface area contributed by atoms with Crippen molar-refractivity contribution in [3.63, 3.8) is 0 Å². The summed E-state index contributed by atoms with van der Waals surface area (Å²) in [5.41, 5.74) is 7.84. The summed E-state index contributed by atoms with van der Waals surface area (Å²) in [6.45, 7) is 0. The van der Waals surface area contributed by atoms with Crippen molar-refractivity contribution in [2.45, 2.75) is 5.88 Å². The Bertz CT molecular complexity index is 452. The molecule has 0 saturated carbocycles. The summed E-state index contributed by atoms with van der Waals surface area (Å²) >= 11 is 9.85. The molecule has 68 valence electrons. The Labute approximate surface area is 99.0 Å². The first-order valence-corrected chi connectivity index (χ1v) is 6.23. The summed E-state index contributed by atoms with van der Waals surface area (Å²) in [6.07, 6.45) is 0. The maximum Gasteiger partial charge on any atom is 0.0499 e. The third-order valence-electron chi connectivity index (χ3n) is 1.93. The average molecular weight is 324 g/mol. The minimum Gasteiger partial charge on any atom is -0.398 e. The molecule has 0 atom stereocenters. The van der Waals surface area contributed by atoms with Crippen molar-refractivity contribution in [1.82, 2.24) is 0 Å². The zero-order chi connectivity index (χ0) is 9.42. The first-order valence-electron chi connectivity index (χ1n) is 3.74. The van der Waals surface area contributed by atoms with Gasteiger partial charge in [0.15, 0.2) is 0 Å². The van der Waals surface area contributed by atoms with E-state index in [1.165, 1.54) is 10.1 Å². The Morgan fingerprint density at radius 1 is 1.54 bits per heavy atom. The Kier molecular flexibility index (Phi) is 2.67. The average Bonchev–Trinajstić information content (AvgIpc) is 2.54. The molecule has 13 heavy (non-hydrogen) atoms. The van der Waals surface area contributed by atoms with E-state index in [0.29, 0.717) is 5.88 Å². The molecule has 4 heteroatoms. The lowest BCUT2D eigenvalue weighted by molar-refractivity contribution is 1.43. The second-order valence-corrected chi connectivity index (χ2v) is 4.99. The Balaban J connectivity index is 2.87. The highest BCUT2D eigenvalue weighted by molar-refractivity contribution is 14.1. The molecule has 0 saturated heterocycles. The van der Waals surface area contributed by atoms with Crippen molar-refractivity contribution in [3.8, 4) is 0 Å². The van der Waals surface area contributed by atoms with Gasteiger partial charge in [0.1, 0.15) is 0 Å². The van der Waals surface area contributed by atoms with Gasteiger partial charge < -0.3 is 5.73 Å². The van der Waals surface area contributed by atoms with Crippen molar-refractivity contribution < 1.29 is 0 Å². The molecular weight excluding hydrogens is 317 g/mol. The number of halogens is 2. The van der Waals surface area contributed by atoms with Crippen molar-refractivity contribution in [1.29, 1.82) is 0 Å². The number of benzene rings is 1. The number of anilines is 1. The number of fused-ring (bicyclic) bond motifs is 1. The smallest absolute Gasteiger partial charge is 0.0499 e. The zero-order valence-electron chi connectivity index (χ0n) is 6.68. The molecular formula is C9H7ClINS. The van der Waals surface area contributed by atoms with Crippen LogP contribution in [0.3, 0.4) is 0 Å². The van der Waals surface area contributed by atoms with Crippen LogP contribution in [0.1, 0.15) is 5.56 Å². The van der Waals surface area contributed by atoms with Crippen LogP contribution in [-0.4, -0.2) is 0 Å². The number of nitrogen functional groups attached to an aromatic ring is 1.